The fourth-order valence-corrected chi connectivity index (χ4v) is 4.91. The Hall–Kier alpha value is -2.42. The van der Waals surface area contributed by atoms with Crippen LogP contribution in [0.3, 0.4) is 0 Å². The van der Waals surface area contributed by atoms with Gasteiger partial charge in [-0.2, -0.15) is 0 Å². The second kappa shape index (κ2) is 8.37. The monoisotopic (exact) mass is 446 g/mol. The molecule has 0 N–H and O–H groups in total. The third kappa shape index (κ3) is 4.08. The second-order valence-corrected chi connectivity index (χ2v) is 9.63. The van der Waals surface area contributed by atoms with E-state index in [4.69, 9.17) is 16.3 Å². The van der Waals surface area contributed by atoms with E-state index < -0.39 is 10.0 Å². The molecule has 2 aliphatic rings. The van der Waals surface area contributed by atoms with Gasteiger partial charge in [-0.05, 0) is 36.2 Å². The van der Waals surface area contributed by atoms with Crippen LogP contribution in [-0.2, 0) is 15.8 Å². The van der Waals surface area contributed by atoms with E-state index in [0.717, 1.165) is 36.6 Å². The molecule has 0 spiro atoms. The number of benzene rings is 2. The molecule has 30 heavy (non-hydrogen) atoms. The molecular weight excluding hydrogens is 424 g/mol. The first-order valence-electron chi connectivity index (χ1n) is 9.78. The van der Waals surface area contributed by atoms with Crippen molar-refractivity contribution in [2.24, 2.45) is 9.98 Å². The zero-order chi connectivity index (χ0) is 21.3. The van der Waals surface area contributed by atoms with Gasteiger partial charge in [-0.3, -0.25) is 4.99 Å². The molecule has 0 amide bonds. The van der Waals surface area contributed by atoms with Crippen LogP contribution in [0.5, 0.6) is 11.5 Å². The summed E-state index contributed by atoms with van der Waals surface area (Å²) in [6, 6.07) is 10.8. The SMILES string of the molecule is CCN(C)S(=O)(=O)Cc1cccc(Oc2ccc3c(c2)C2=NCCCN2C=N3)c1Cl. The number of ether oxygens (including phenoxy) is 1. The lowest BCUT2D eigenvalue weighted by Crippen LogP contribution is -2.36. The van der Waals surface area contributed by atoms with E-state index in [2.05, 4.69) is 9.98 Å². The first kappa shape index (κ1) is 20.8. The van der Waals surface area contributed by atoms with Crippen molar-refractivity contribution in [3.05, 3.63) is 52.5 Å². The first-order valence-corrected chi connectivity index (χ1v) is 11.8. The number of nitrogens with zero attached hydrogens (tertiary/aromatic N) is 4. The Balaban J connectivity index is 1.62. The smallest absolute Gasteiger partial charge is 0.218 e. The summed E-state index contributed by atoms with van der Waals surface area (Å²) in [5.41, 5.74) is 2.25. The van der Waals surface area contributed by atoms with Crippen LogP contribution in [-0.4, -0.2) is 56.5 Å². The fourth-order valence-electron chi connectivity index (χ4n) is 3.35. The highest BCUT2D eigenvalue weighted by Crippen LogP contribution is 2.36. The van der Waals surface area contributed by atoms with Gasteiger partial charge in [0.15, 0.2) is 0 Å². The highest BCUT2D eigenvalue weighted by Gasteiger charge is 2.23. The molecule has 0 radical (unpaired) electrons. The Bertz CT molecular complexity index is 1130. The molecule has 0 unspecified atom stereocenters. The number of sulfonamides is 1. The van der Waals surface area contributed by atoms with Gasteiger partial charge in [0.05, 0.1) is 22.8 Å². The van der Waals surface area contributed by atoms with Crippen molar-refractivity contribution in [2.45, 2.75) is 19.1 Å². The molecule has 0 fully saturated rings. The number of halogens is 1. The van der Waals surface area contributed by atoms with Gasteiger partial charge < -0.3 is 9.64 Å². The number of rotatable bonds is 6. The molecule has 2 aromatic rings. The largest absolute Gasteiger partial charge is 0.456 e. The molecule has 0 atom stereocenters. The standard InChI is InChI=1S/C21H23ClN4O3S/c1-3-25(2)30(27,28)13-15-6-4-7-19(20(15)22)29-16-8-9-18-17(12-16)21-23-10-5-11-26(21)14-24-18/h4,6-9,12,14H,3,5,10-11,13H2,1-2H3. The summed E-state index contributed by atoms with van der Waals surface area (Å²) in [6.45, 7) is 3.87. The molecule has 0 aliphatic carbocycles. The van der Waals surface area contributed by atoms with Crippen LogP contribution >= 0.6 is 11.6 Å². The predicted molar refractivity (Wildman–Crippen MR) is 120 cm³/mol. The minimum atomic E-state index is -3.44. The highest BCUT2D eigenvalue weighted by atomic mass is 35.5. The zero-order valence-electron chi connectivity index (χ0n) is 16.9. The van der Waals surface area contributed by atoms with Crippen LogP contribution in [0.15, 0.2) is 46.4 Å². The number of hydrogen-bond donors (Lipinski definition) is 0. The summed E-state index contributed by atoms with van der Waals surface area (Å²) in [5.74, 6) is 1.71. The summed E-state index contributed by atoms with van der Waals surface area (Å²) >= 11 is 6.50. The number of aliphatic imine (C=N–C) groups is 2. The Labute approximate surface area is 181 Å². The lowest BCUT2D eigenvalue weighted by atomic mass is 10.1. The van der Waals surface area contributed by atoms with E-state index in [-0.39, 0.29) is 10.8 Å². The van der Waals surface area contributed by atoms with Crippen LogP contribution in [0.1, 0.15) is 24.5 Å². The first-order chi connectivity index (χ1) is 14.4. The fraction of sp³-hybridized carbons (Fsp3) is 0.333. The quantitative estimate of drug-likeness (QED) is 0.671. The zero-order valence-corrected chi connectivity index (χ0v) is 18.4. The molecule has 2 heterocycles. The third-order valence-corrected chi connectivity index (χ3v) is 7.48. The molecule has 0 saturated heterocycles. The van der Waals surface area contributed by atoms with Crippen molar-refractivity contribution in [2.75, 3.05) is 26.7 Å². The Morgan fingerprint density at radius 3 is 2.90 bits per heavy atom. The van der Waals surface area contributed by atoms with Gasteiger partial charge in [-0.15, -0.1) is 0 Å². The van der Waals surface area contributed by atoms with Gasteiger partial charge in [0, 0.05) is 32.2 Å². The van der Waals surface area contributed by atoms with Gasteiger partial charge >= 0.3 is 0 Å². The maximum absolute atomic E-state index is 12.4. The normalized spacial score (nSPS) is 15.6. The molecule has 7 nitrogen and oxygen atoms in total. The maximum Gasteiger partial charge on any atom is 0.218 e. The van der Waals surface area contributed by atoms with Gasteiger partial charge in [-0.1, -0.05) is 30.7 Å². The van der Waals surface area contributed by atoms with Crippen LogP contribution in [0.4, 0.5) is 5.69 Å². The van der Waals surface area contributed by atoms with Crippen molar-refractivity contribution in [3.63, 3.8) is 0 Å². The van der Waals surface area contributed by atoms with Gasteiger partial charge in [0.1, 0.15) is 17.3 Å². The molecule has 0 saturated carbocycles. The maximum atomic E-state index is 12.4. The minimum absolute atomic E-state index is 0.182. The van der Waals surface area contributed by atoms with Crippen LogP contribution in [0.25, 0.3) is 0 Å². The molecule has 0 bridgehead atoms. The Morgan fingerprint density at radius 2 is 2.10 bits per heavy atom. The summed E-state index contributed by atoms with van der Waals surface area (Å²) in [7, 11) is -1.89. The highest BCUT2D eigenvalue weighted by molar-refractivity contribution is 7.88. The Morgan fingerprint density at radius 1 is 1.27 bits per heavy atom. The van der Waals surface area contributed by atoms with Gasteiger partial charge in [0.2, 0.25) is 10.0 Å². The average molecular weight is 447 g/mol. The summed E-state index contributed by atoms with van der Waals surface area (Å²) in [6.07, 6.45) is 2.81. The van der Waals surface area contributed by atoms with Crippen LogP contribution in [0, 0.1) is 0 Å². The van der Waals surface area contributed by atoms with Gasteiger partial charge in [0.25, 0.3) is 0 Å². The van der Waals surface area contributed by atoms with E-state index in [1.807, 2.05) is 29.4 Å². The molecule has 9 heteroatoms. The van der Waals surface area contributed by atoms with Crippen LogP contribution in [0.2, 0.25) is 5.02 Å². The second-order valence-electron chi connectivity index (χ2n) is 7.18. The summed E-state index contributed by atoms with van der Waals surface area (Å²) < 4.78 is 32.2. The summed E-state index contributed by atoms with van der Waals surface area (Å²) in [5, 5.41) is 0.290. The van der Waals surface area contributed by atoms with Crippen molar-refractivity contribution in [1.82, 2.24) is 9.21 Å². The minimum Gasteiger partial charge on any atom is -0.456 e. The van der Waals surface area contributed by atoms with Crippen LogP contribution < -0.4 is 4.74 Å². The van der Waals surface area contributed by atoms with E-state index >= 15 is 0 Å². The van der Waals surface area contributed by atoms with E-state index in [1.165, 1.54) is 4.31 Å². The molecular formula is C21H23ClN4O3S. The van der Waals surface area contributed by atoms with Gasteiger partial charge in [-0.25, -0.2) is 17.7 Å². The topological polar surface area (TPSA) is 74.6 Å². The van der Waals surface area contributed by atoms with Crippen molar-refractivity contribution in [1.29, 1.82) is 0 Å². The lowest BCUT2D eigenvalue weighted by Gasteiger charge is -2.29. The van der Waals surface area contributed by atoms with E-state index in [1.54, 1.807) is 32.2 Å². The van der Waals surface area contributed by atoms with E-state index in [9.17, 15) is 8.42 Å². The number of fused-ring (bicyclic) bond motifs is 3. The molecule has 4 rings (SSSR count). The van der Waals surface area contributed by atoms with Crippen molar-refractivity contribution >= 4 is 39.5 Å². The average Bonchev–Trinajstić information content (AvgIpc) is 2.75. The predicted octanol–water partition coefficient (Wildman–Crippen LogP) is 4.04. The third-order valence-electron chi connectivity index (χ3n) is 5.17. The Kier molecular flexibility index (Phi) is 5.81. The van der Waals surface area contributed by atoms with Crippen molar-refractivity contribution < 1.29 is 13.2 Å². The molecule has 158 valence electrons. The number of hydrogen-bond acceptors (Lipinski definition) is 6. The summed E-state index contributed by atoms with van der Waals surface area (Å²) in [4.78, 5) is 11.2. The van der Waals surface area contributed by atoms with E-state index in [0.29, 0.717) is 23.6 Å². The van der Waals surface area contributed by atoms with Crippen molar-refractivity contribution in [3.8, 4) is 11.5 Å². The molecule has 0 aromatic heterocycles. The number of amidine groups is 1. The lowest BCUT2D eigenvalue weighted by molar-refractivity contribution is 0.480. The molecule has 2 aliphatic heterocycles. The molecule has 2 aromatic carbocycles.